The molecule has 15 heavy (non-hydrogen) atoms. The molecule has 0 bridgehead atoms. The molecule has 0 aliphatic rings. The highest BCUT2D eigenvalue weighted by Crippen LogP contribution is 2.21. The van der Waals surface area contributed by atoms with Crippen LogP contribution in [0.2, 0.25) is 0 Å². The molecule has 0 saturated carbocycles. The normalized spacial score (nSPS) is 13.4. The summed E-state index contributed by atoms with van der Waals surface area (Å²) in [6.07, 6.45) is 5.78. The van der Waals surface area contributed by atoms with E-state index in [1.807, 2.05) is 23.5 Å². The van der Waals surface area contributed by atoms with E-state index < -0.39 is 0 Å². The Kier molecular flexibility index (Phi) is 11.6. The maximum Gasteiger partial charge on any atom is 0.103 e. The van der Waals surface area contributed by atoms with Crippen molar-refractivity contribution >= 4 is 23.5 Å². The molecular formula is C12H26OS2. The Bertz CT molecular complexity index is 129. The molecule has 3 heteroatoms. The summed E-state index contributed by atoms with van der Waals surface area (Å²) in [5.74, 6) is 3.25. The molecule has 0 spiro atoms. The summed E-state index contributed by atoms with van der Waals surface area (Å²) in [6, 6.07) is 0. The van der Waals surface area contributed by atoms with Gasteiger partial charge in [-0.2, -0.15) is 11.8 Å². The molecular weight excluding hydrogens is 224 g/mol. The molecule has 0 fully saturated rings. The van der Waals surface area contributed by atoms with Gasteiger partial charge in [0.1, 0.15) is 5.44 Å². The summed E-state index contributed by atoms with van der Waals surface area (Å²) < 4.78 is 5.84. The van der Waals surface area contributed by atoms with E-state index in [-0.39, 0.29) is 0 Å². The van der Waals surface area contributed by atoms with Crippen molar-refractivity contribution in [2.24, 2.45) is 5.92 Å². The minimum Gasteiger partial charge on any atom is -0.368 e. The minimum atomic E-state index is 0.423. The van der Waals surface area contributed by atoms with Gasteiger partial charge in [0.2, 0.25) is 0 Å². The third-order valence-electron chi connectivity index (χ3n) is 1.97. The first-order valence-corrected chi connectivity index (χ1v) is 8.37. The Morgan fingerprint density at radius 3 is 2.47 bits per heavy atom. The molecule has 1 atom stereocenters. The second-order valence-electron chi connectivity index (χ2n) is 4.15. The van der Waals surface area contributed by atoms with Crippen LogP contribution in [0.25, 0.3) is 0 Å². The highest BCUT2D eigenvalue weighted by molar-refractivity contribution is 8.00. The second kappa shape index (κ2) is 11.2. The van der Waals surface area contributed by atoms with Crippen molar-refractivity contribution in [2.75, 3.05) is 24.4 Å². The summed E-state index contributed by atoms with van der Waals surface area (Å²) in [7, 11) is 0. The standard InChI is InChI=1S/C12H26OS2/c1-5-7-13-12(10-11(2)3)15-9-6-8-14-4/h11-12H,5-10H2,1-4H3. The highest BCUT2D eigenvalue weighted by atomic mass is 32.2. The lowest BCUT2D eigenvalue weighted by Crippen LogP contribution is -2.13. The molecule has 92 valence electrons. The first-order valence-electron chi connectivity index (χ1n) is 5.92. The molecule has 0 aromatic heterocycles. The molecule has 0 aliphatic heterocycles. The Labute approximate surface area is 104 Å². The van der Waals surface area contributed by atoms with Crippen LogP contribution in [-0.4, -0.2) is 29.8 Å². The zero-order valence-electron chi connectivity index (χ0n) is 10.6. The van der Waals surface area contributed by atoms with E-state index in [0.29, 0.717) is 5.44 Å². The van der Waals surface area contributed by atoms with Crippen LogP contribution in [0.3, 0.4) is 0 Å². The van der Waals surface area contributed by atoms with E-state index in [1.54, 1.807) is 0 Å². The second-order valence-corrected chi connectivity index (χ2v) is 6.40. The quantitative estimate of drug-likeness (QED) is 0.423. The summed E-state index contributed by atoms with van der Waals surface area (Å²) in [6.45, 7) is 7.62. The maximum atomic E-state index is 5.84. The fraction of sp³-hybridized carbons (Fsp3) is 1.00. The molecule has 1 nitrogen and oxygen atoms in total. The smallest absolute Gasteiger partial charge is 0.103 e. The van der Waals surface area contributed by atoms with Gasteiger partial charge < -0.3 is 4.74 Å². The van der Waals surface area contributed by atoms with Gasteiger partial charge in [-0.25, -0.2) is 0 Å². The third-order valence-corrected chi connectivity index (χ3v) is 3.89. The van der Waals surface area contributed by atoms with Gasteiger partial charge in [-0.1, -0.05) is 20.8 Å². The number of rotatable bonds is 10. The largest absolute Gasteiger partial charge is 0.368 e. The van der Waals surface area contributed by atoms with Crippen molar-refractivity contribution in [3.8, 4) is 0 Å². The lowest BCUT2D eigenvalue weighted by Gasteiger charge is -2.19. The molecule has 0 saturated heterocycles. The van der Waals surface area contributed by atoms with Crippen molar-refractivity contribution in [3.05, 3.63) is 0 Å². The van der Waals surface area contributed by atoms with Gasteiger partial charge in [0.05, 0.1) is 0 Å². The van der Waals surface area contributed by atoms with E-state index in [9.17, 15) is 0 Å². The van der Waals surface area contributed by atoms with Crippen LogP contribution in [0.1, 0.15) is 40.0 Å². The average Bonchev–Trinajstić information content (AvgIpc) is 2.19. The van der Waals surface area contributed by atoms with Gasteiger partial charge >= 0.3 is 0 Å². The van der Waals surface area contributed by atoms with Crippen molar-refractivity contribution in [1.29, 1.82) is 0 Å². The fourth-order valence-corrected chi connectivity index (χ4v) is 3.14. The maximum absolute atomic E-state index is 5.84. The van der Waals surface area contributed by atoms with Gasteiger partial charge in [0, 0.05) is 6.61 Å². The summed E-state index contributed by atoms with van der Waals surface area (Å²) >= 11 is 3.93. The molecule has 0 aromatic rings. The van der Waals surface area contributed by atoms with E-state index in [0.717, 1.165) is 18.9 Å². The Hall–Kier alpha value is 0.660. The summed E-state index contributed by atoms with van der Waals surface area (Å²) in [5, 5.41) is 0. The van der Waals surface area contributed by atoms with E-state index >= 15 is 0 Å². The third kappa shape index (κ3) is 10.9. The molecule has 0 rings (SSSR count). The predicted octanol–water partition coefficient (Wildman–Crippen LogP) is 4.27. The monoisotopic (exact) mass is 250 g/mol. The van der Waals surface area contributed by atoms with Crippen LogP contribution in [0.15, 0.2) is 0 Å². The van der Waals surface area contributed by atoms with Crippen LogP contribution in [0.5, 0.6) is 0 Å². The highest BCUT2D eigenvalue weighted by Gasteiger charge is 2.10. The van der Waals surface area contributed by atoms with Crippen LogP contribution in [0, 0.1) is 5.92 Å². The SMILES string of the molecule is CCCOC(CC(C)C)SCCCSC. The molecule has 0 aromatic carbocycles. The van der Waals surface area contributed by atoms with Crippen LogP contribution in [-0.2, 0) is 4.74 Å². The van der Waals surface area contributed by atoms with Crippen molar-refractivity contribution in [1.82, 2.24) is 0 Å². The van der Waals surface area contributed by atoms with E-state index in [1.165, 1.54) is 24.3 Å². The molecule has 0 N–H and O–H groups in total. The van der Waals surface area contributed by atoms with E-state index in [4.69, 9.17) is 4.74 Å². The summed E-state index contributed by atoms with van der Waals surface area (Å²) in [4.78, 5) is 0. The zero-order valence-corrected chi connectivity index (χ0v) is 12.3. The van der Waals surface area contributed by atoms with Crippen molar-refractivity contribution in [2.45, 2.75) is 45.5 Å². The van der Waals surface area contributed by atoms with Gasteiger partial charge in [-0.15, -0.1) is 11.8 Å². The number of hydrogen-bond donors (Lipinski definition) is 0. The van der Waals surface area contributed by atoms with Gasteiger partial charge in [-0.05, 0) is 42.9 Å². The first kappa shape index (κ1) is 15.7. The van der Waals surface area contributed by atoms with Crippen LogP contribution >= 0.6 is 23.5 Å². The first-order chi connectivity index (χ1) is 7.20. The number of thioether (sulfide) groups is 2. The predicted molar refractivity (Wildman–Crippen MR) is 74.9 cm³/mol. The lowest BCUT2D eigenvalue weighted by molar-refractivity contribution is 0.0990. The van der Waals surface area contributed by atoms with Gasteiger partial charge in [-0.3, -0.25) is 0 Å². The molecule has 0 amide bonds. The fourth-order valence-electron chi connectivity index (χ4n) is 1.24. The van der Waals surface area contributed by atoms with Crippen LogP contribution in [0.4, 0.5) is 0 Å². The zero-order chi connectivity index (χ0) is 11.5. The number of ether oxygens (including phenoxy) is 1. The molecule has 0 heterocycles. The van der Waals surface area contributed by atoms with Crippen molar-refractivity contribution < 1.29 is 4.74 Å². The van der Waals surface area contributed by atoms with Crippen molar-refractivity contribution in [3.63, 3.8) is 0 Å². The van der Waals surface area contributed by atoms with E-state index in [2.05, 4.69) is 27.0 Å². The topological polar surface area (TPSA) is 9.23 Å². The number of hydrogen-bond acceptors (Lipinski definition) is 3. The van der Waals surface area contributed by atoms with Gasteiger partial charge in [0.15, 0.2) is 0 Å². The Balaban J connectivity index is 3.59. The minimum absolute atomic E-state index is 0.423. The molecule has 0 radical (unpaired) electrons. The van der Waals surface area contributed by atoms with Gasteiger partial charge in [0.25, 0.3) is 0 Å². The summed E-state index contributed by atoms with van der Waals surface area (Å²) in [5.41, 5.74) is 0.423. The lowest BCUT2D eigenvalue weighted by atomic mass is 10.1. The molecule has 0 aliphatic carbocycles. The average molecular weight is 250 g/mol. The Morgan fingerprint density at radius 1 is 1.20 bits per heavy atom. The van der Waals surface area contributed by atoms with Crippen LogP contribution < -0.4 is 0 Å². The Morgan fingerprint density at radius 2 is 1.93 bits per heavy atom. The molecule has 1 unspecified atom stereocenters.